The lowest BCUT2D eigenvalue weighted by molar-refractivity contribution is 0.578. The summed E-state index contributed by atoms with van der Waals surface area (Å²) in [7, 11) is 0. The molecular weight excluding hydrogens is 238 g/mol. The molecule has 0 amide bonds. The van der Waals surface area contributed by atoms with Crippen molar-refractivity contribution in [2.45, 2.75) is 45.1 Å². The van der Waals surface area contributed by atoms with Gasteiger partial charge in [-0.1, -0.05) is 30.5 Å². The molecular formula is C13H20ClNS. The summed E-state index contributed by atoms with van der Waals surface area (Å²) in [4.78, 5) is 1.14. The normalized spacial score (nSPS) is 12.7. The number of hydrogen-bond acceptors (Lipinski definition) is 2. The van der Waals surface area contributed by atoms with Crippen molar-refractivity contribution in [3.8, 4) is 0 Å². The lowest BCUT2D eigenvalue weighted by Crippen LogP contribution is -2.08. The van der Waals surface area contributed by atoms with Gasteiger partial charge in [-0.2, -0.15) is 0 Å². The number of aryl methyl sites for hydroxylation is 1. The van der Waals surface area contributed by atoms with Crippen LogP contribution in [0.2, 0.25) is 5.02 Å². The molecule has 0 radical (unpaired) electrons. The van der Waals surface area contributed by atoms with Crippen molar-refractivity contribution in [3.63, 3.8) is 0 Å². The average molecular weight is 258 g/mol. The van der Waals surface area contributed by atoms with Crippen molar-refractivity contribution in [3.05, 3.63) is 33.5 Å². The van der Waals surface area contributed by atoms with Gasteiger partial charge in [0.15, 0.2) is 0 Å². The van der Waals surface area contributed by atoms with Gasteiger partial charge >= 0.3 is 0 Å². The zero-order chi connectivity index (χ0) is 12.0. The maximum Gasteiger partial charge on any atom is 0.0590 e. The fourth-order valence-corrected chi connectivity index (χ4v) is 3.03. The van der Waals surface area contributed by atoms with Gasteiger partial charge in [0.2, 0.25) is 0 Å². The first-order chi connectivity index (χ1) is 7.66. The first-order valence-electron chi connectivity index (χ1n) is 5.76. The summed E-state index contributed by atoms with van der Waals surface area (Å²) < 4.78 is 0. The van der Waals surface area contributed by atoms with Gasteiger partial charge in [0.05, 0.1) is 5.02 Å². The molecule has 1 aromatic rings. The van der Waals surface area contributed by atoms with Crippen molar-refractivity contribution in [1.29, 1.82) is 0 Å². The molecule has 16 heavy (non-hydrogen) atoms. The summed E-state index contributed by atoms with van der Waals surface area (Å²) in [6.07, 6.45) is 7.71. The molecule has 0 saturated heterocycles. The number of thiophene rings is 1. The molecule has 0 aromatic carbocycles. The molecule has 1 aromatic heterocycles. The Labute approximate surface area is 107 Å². The maximum atomic E-state index is 6.18. The van der Waals surface area contributed by atoms with E-state index in [4.69, 9.17) is 17.3 Å². The number of nitrogens with two attached hydrogens (primary N) is 1. The Balaban J connectivity index is 2.32. The standard InChI is InChI=1S/C13H20ClNS/c1-3-4-5-6-7-8-11(15)13-12(14)10(2)9-16-13/h3,9,11H,1,4-8,15H2,2H3. The largest absolute Gasteiger partial charge is 0.323 e. The van der Waals surface area contributed by atoms with E-state index in [1.807, 2.05) is 13.0 Å². The van der Waals surface area contributed by atoms with Gasteiger partial charge in [-0.05, 0) is 37.1 Å². The predicted octanol–water partition coefficient (Wildman–Crippen LogP) is 4.85. The van der Waals surface area contributed by atoms with Crippen molar-refractivity contribution in [2.24, 2.45) is 5.73 Å². The molecule has 0 aliphatic rings. The SMILES string of the molecule is C=CCCCCCC(N)c1scc(C)c1Cl. The Hall–Kier alpha value is -0.310. The van der Waals surface area contributed by atoms with E-state index in [9.17, 15) is 0 Å². The highest BCUT2D eigenvalue weighted by atomic mass is 35.5. The number of halogens is 1. The van der Waals surface area contributed by atoms with E-state index in [2.05, 4.69) is 12.0 Å². The fraction of sp³-hybridized carbons (Fsp3) is 0.538. The lowest BCUT2D eigenvalue weighted by atomic mass is 10.1. The lowest BCUT2D eigenvalue weighted by Gasteiger charge is -2.10. The van der Waals surface area contributed by atoms with E-state index >= 15 is 0 Å². The number of hydrogen-bond donors (Lipinski definition) is 1. The minimum absolute atomic E-state index is 0.106. The van der Waals surface area contributed by atoms with Crippen LogP contribution in [0.1, 0.15) is 48.6 Å². The Morgan fingerprint density at radius 2 is 2.25 bits per heavy atom. The van der Waals surface area contributed by atoms with Crippen LogP contribution in [0.5, 0.6) is 0 Å². The van der Waals surface area contributed by atoms with Crippen LogP contribution in [0.25, 0.3) is 0 Å². The van der Waals surface area contributed by atoms with E-state index in [1.165, 1.54) is 19.3 Å². The molecule has 0 aliphatic carbocycles. The maximum absolute atomic E-state index is 6.18. The summed E-state index contributed by atoms with van der Waals surface area (Å²) >= 11 is 7.86. The molecule has 0 aliphatic heterocycles. The molecule has 1 atom stereocenters. The molecule has 1 nitrogen and oxygen atoms in total. The van der Waals surface area contributed by atoms with Crippen LogP contribution >= 0.6 is 22.9 Å². The topological polar surface area (TPSA) is 26.0 Å². The van der Waals surface area contributed by atoms with Gasteiger partial charge in [0.1, 0.15) is 0 Å². The van der Waals surface area contributed by atoms with E-state index < -0.39 is 0 Å². The van der Waals surface area contributed by atoms with Crippen LogP contribution in [0.4, 0.5) is 0 Å². The third-order valence-corrected chi connectivity index (χ3v) is 4.53. The zero-order valence-corrected chi connectivity index (χ0v) is 11.4. The Bertz CT molecular complexity index is 333. The van der Waals surface area contributed by atoms with Crippen LogP contribution in [-0.2, 0) is 0 Å². The zero-order valence-electron chi connectivity index (χ0n) is 9.84. The molecule has 0 fully saturated rings. The molecule has 1 unspecified atom stereocenters. The van der Waals surface area contributed by atoms with Crippen LogP contribution in [0.15, 0.2) is 18.0 Å². The number of unbranched alkanes of at least 4 members (excludes halogenated alkanes) is 3. The van der Waals surface area contributed by atoms with Gasteiger partial charge in [-0.3, -0.25) is 0 Å². The minimum Gasteiger partial charge on any atom is -0.323 e. The second-order valence-electron chi connectivity index (χ2n) is 4.13. The smallest absolute Gasteiger partial charge is 0.0590 e. The van der Waals surface area contributed by atoms with Gasteiger partial charge in [0, 0.05) is 10.9 Å². The molecule has 1 heterocycles. The first kappa shape index (κ1) is 13.8. The summed E-state index contributed by atoms with van der Waals surface area (Å²) in [5.41, 5.74) is 7.27. The van der Waals surface area contributed by atoms with Gasteiger partial charge in [-0.15, -0.1) is 17.9 Å². The van der Waals surface area contributed by atoms with E-state index in [0.29, 0.717) is 0 Å². The van der Waals surface area contributed by atoms with E-state index in [1.54, 1.807) is 11.3 Å². The minimum atomic E-state index is 0.106. The highest BCUT2D eigenvalue weighted by Crippen LogP contribution is 2.33. The molecule has 90 valence electrons. The Morgan fingerprint density at radius 3 is 2.81 bits per heavy atom. The fourth-order valence-electron chi connectivity index (χ4n) is 1.66. The highest BCUT2D eigenvalue weighted by Gasteiger charge is 2.13. The molecule has 0 saturated carbocycles. The first-order valence-corrected chi connectivity index (χ1v) is 7.02. The molecule has 0 bridgehead atoms. The van der Waals surface area contributed by atoms with Gasteiger partial charge < -0.3 is 5.73 Å². The van der Waals surface area contributed by atoms with Gasteiger partial charge in [0.25, 0.3) is 0 Å². The van der Waals surface area contributed by atoms with E-state index in [-0.39, 0.29) is 6.04 Å². The van der Waals surface area contributed by atoms with Crippen LogP contribution in [0, 0.1) is 6.92 Å². The average Bonchev–Trinajstić information content (AvgIpc) is 2.59. The van der Waals surface area contributed by atoms with Crippen molar-refractivity contribution in [2.75, 3.05) is 0 Å². The number of allylic oxidation sites excluding steroid dienone is 1. The predicted molar refractivity (Wildman–Crippen MR) is 74.3 cm³/mol. The summed E-state index contributed by atoms with van der Waals surface area (Å²) in [6, 6.07) is 0.106. The van der Waals surface area contributed by atoms with Gasteiger partial charge in [-0.25, -0.2) is 0 Å². The van der Waals surface area contributed by atoms with Crippen LogP contribution < -0.4 is 5.73 Å². The molecule has 1 rings (SSSR count). The van der Waals surface area contributed by atoms with Crippen LogP contribution in [0.3, 0.4) is 0 Å². The second-order valence-corrected chi connectivity index (χ2v) is 5.42. The third kappa shape index (κ3) is 3.93. The third-order valence-electron chi connectivity index (χ3n) is 2.69. The molecule has 2 N–H and O–H groups in total. The van der Waals surface area contributed by atoms with Crippen molar-refractivity contribution >= 4 is 22.9 Å². The van der Waals surface area contributed by atoms with E-state index in [0.717, 1.165) is 28.3 Å². The summed E-state index contributed by atoms with van der Waals surface area (Å²) in [5, 5.41) is 2.94. The van der Waals surface area contributed by atoms with Crippen LogP contribution in [-0.4, -0.2) is 0 Å². The molecule has 3 heteroatoms. The van der Waals surface area contributed by atoms with Crippen molar-refractivity contribution in [1.82, 2.24) is 0 Å². The molecule has 0 spiro atoms. The highest BCUT2D eigenvalue weighted by molar-refractivity contribution is 7.10. The summed E-state index contributed by atoms with van der Waals surface area (Å²) in [6.45, 7) is 5.74. The Kier molecular flexibility index (Phi) is 6.10. The monoisotopic (exact) mass is 257 g/mol. The Morgan fingerprint density at radius 1 is 1.50 bits per heavy atom. The van der Waals surface area contributed by atoms with Crippen molar-refractivity contribution < 1.29 is 0 Å². The number of rotatable bonds is 7. The quantitative estimate of drug-likeness (QED) is 0.549. The summed E-state index contributed by atoms with van der Waals surface area (Å²) in [5.74, 6) is 0. The second kappa shape index (κ2) is 7.10.